The number of hydrogen-bond acceptors (Lipinski definition) is 2. The Bertz CT molecular complexity index is 779. The van der Waals surface area contributed by atoms with Crippen LogP contribution in [0.25, 0.3) is 10.9 Å². The molecule has 0 unspecified atom stereocenters. The summed E-state index contributed by atoms with van der Waals surface area (Å²) in [6.07, 6.45) is 11.5. The molecule has 1 aromatic heterocycles. The number of amides is 1. The van der Waals surface area contributed by atoms with Gasteiger partial charge in [-0.05, 0) is 12.5 Å². The van der Waals surface area contributed by atoms with Gasteiger partial charge < -0.3 is 15.0 Å². The Morgan fingerprint density at radius 2 is 1.57 bits per heavy atom. The number of carbonyl (C=O) groups excluding carboxylic acids is 1. The number of carbonyl (C=O) groups is 2. The van der Waals surface area contributed by atoms with E-state index in [1.54, 1.807) is 11.6 Å². The largest absolute Gasteiger partial charge is 0.477 e. The van der Waals surface area contributed by atoms with E-state index in [-0.39, 0.29) is 18.1 Å². The molecular weight excluding hydrogens is 352 g/mol. The molecule has 1 amide bonds. The molecule has 0 radical (unpaired) electrons. The van der Waals surface area contributed by atoms with Crippen LogP contribution >= 0.6 is 0 Å². The van der Waals surface area contributed by atoms with Gasteiger partial charge in [-0.25, -0.2) is 4.79 Å². The molecule has 2 aromatic rings. The highest BCUT2D eigenvalue weighted by atomic mass is 16.4. The number of carboxylic acids is 1. The summed E-state index contributed by atoms with van der Waals surface area (Å²) in [6, 6.07) is 7.58. The fraction of sp³-hybridized carbons (Fsp3) is 0.565. The second-order valence-electron chi connectivity index (χ2n) is 7.56. The van der Waals surface area contributed by atoms with Crippen molar-refractivity contribution in [3.63, 3.8) is 0 Å². The molecule has 0 saturated heterocycles. The minimum Gasteiger partial charge on any atom is -0.477 e. The van der Waals surface area contributed by atoms with E-state index in [2.05, 4.69) is 12.2 Å². The van der Waals surface area contributed by atoms with Crippen molar-refractivity contribution in [3.05, 3.63) is 35.5 Å². The topological polar surface area (TPSA) is 71.3 Å². The van der Waals surface area contributed by atoms with Crippen molar-refractivity contribution >= 4 is 22.8 Å². The van der Waals surface area contributed by atoms with E-state index in [0.29, 0.717) is 12.0 Å². The molecule has 0 aliphatic carbocycles. The van der Waals surface area contributed by atoms with Gasteiger partial charge in [0.15, 0.2) is 0 Å². The first kappa shape index (κ1) is 22.0. The summed E-state index contributed by atoms with van der Waals surface area (Å²) in [5.41, 5.74) is 1.78. The van der Waals surface area contributed by atoms with Crippen LogP contribution in [0.5, 0.6) is 0 Å². The minimum atomic E-state index is -0.970. The maximum Gasteiger partial charge on any atom is 0.352 e. The average molecular weight is 387 g/mol. The molecule has 5 nitrogen and oxygen atoms in total. The zero-order valence-electron chi connectivity index (χ0n) is 17.3. The third-order valence-electron chi connectivity index (χ3n) is 5.38. The van der Waals surface area contributed by atoms with Crippen LogP contribution in [-0.4, -0.2) is 21.6 Å². The van der Waals surface area contributed by atoms with E-state index in [1.165, 1.54) is 44.9 Å². The Morgan fingerprint density at radius 3 is 2.21 bits per heavy atom. The van der Waals surface area contributed by atoms with Crippen molar-refractivity contribution in [2.24, 2.45) is 7.05 Å². The summed E-state index contributed by atoms with van der Waals surface area (Å²) in [4.78, 5) is 23.9. The number of nitrogens with zero attached hydrogens (tertiary/aromatic N) is 1. The van der Waals surface area contributed by atoms with Gasteiger partial charge in [-0.2, -0.15) is 0 Å². The van der Waals surface area contributed by atoms with Crippen LogP contribution < -0.4 is 5.32 Å². The number of fused-ring (bicyclic) bond motifs is 1. The quantitative estimate of drug-likeness (QED) is 0.452. The van der Waals surface area contributed by atoms with E-state index in [0.717, 1.165) is 23.7 Å². The van der Waals surface area contributed by atoms with Gasteiger partial charge in [0.1, 0.15) is 5.69 Å². The second-order valence-corrected chi connectivity index (χ2v) is 7.56. The minimum absolute atomic E-state index is 0.00720. The van der Waals surface area contributed by atoms with Crippen molar-refractivity contribution in [1.82, 2.24) is 9.88 Å². The monoisotopic (exact) mass is 386 g/mol. The molecule has 0 atom stereocenters. The third kappa shape index (κ3) is 6.11. The molecule has 2 N–H and O–H groups in total. The van der Waals surface area contributed by atoms with Crippen molar-refractivity contribution in [3.8, 4) is 0 Å². The van der Waals surface area contributed by atoms with Gasteiger partial charge in [-0.15, -0.1) is 0 Å². The van der Waals surface area contributed by atoms with Gasteiger partial charge >= 0.3 is 5.97 Å². The van der Waals surface area contributed by atoms with Gasteiger partial charge in [0, 0.05) is 36.5 Å². The first-order valence-electron chi connectivity index (χ1n) is 10.6. The highest BCUT2D eigenvalue weighted by molar-refractivity contribution is 5.98. The SMILES string of the molecule is CCCCCCCCCCCC(=O)NCc1c(C(=O)O)n(C)c2ccccc12. The maximum atomic E-state index is 12.2. The van der Waals surface area contributed by atoms with Crippen LogP contribution in [-0.2, 0) is 18.4 Å². The molecule has 0 saturated carbocycles. The van der Waals surface area contributed by atoms with E-state index in [9.17, 15) is 14.7 Å². The molecule has 154 valence electrons. The molecule has 1 heterocycles. The Hall–Kier alpha value is -2.30. The molecular formula is C23H34N2O3. The number of carboxylic acid groups (broad SMARTS) is 1. The zero-order valence-corrected chi connectivity index (χ0v) is 17.3. The van der Waals surface area contributed by atoms with E-state index < -0.39 is 5.97 Å². The van der Waals surface area contributed by atoms with Gasteiger partial charge in [0.2, 0.25) is 5.91 Å². The lowest BCUT2D eigenvalue weighted by Gasteiger charge is -2.07. The zero-order chi connectivity index (χ0) is 20.4. The third-order valence-corrected chi connectivity index (χ3v) is 5.38. The maximum absolute atomic E-state index is 12.2. The molecule has 2 rings (SSSR count). The average Bonchev–Trinajstić information content (AvgIpc) is 2.97. The lowest BCUT2D eigenvalue weighted by Crippen LogP contribution is -2.23. The number of benzene rings is 1. The lowest BCUT2D eigenvalue weighted by atomic mass is 10.1. The summed E-state index contributed by atoms with van der Waals surface area (Å²) in [6.45, 7) is 2.48. The number of nitrogens with one attached hydrogen (secondary N) is 1. The molecule has 0 aliphatic rings. The highest BCUT2D eigenvalue weighted by Crippen LogP contribution is 2.25. The Morgan fingerprint density at radius 1 is 0.964 bits per heavy atom. The number of hydrogen-bond donors (Lipinski definition) is 2. The van der Waals surface area contributed by atoms with Crippen molar-refractivity contribution in [2.45, 2.75) is 77.7 Å². The van der Waals surface area contributed by atoms with Gasteiger partial charge in [-0.3, -0.25) is 4.79 Å². The molecule has 0 aliphatic heterocycles. The number of aryl methyl sites for hydroxylation is 1. The number of rotatable bonds is 13. The van der Waals surface area contributed by atoms with Gasteiger partial charge in [0.05, 0.1) is 0 Å². The van der Waals surface area contributed by atoms with E-state index >= 15 is 0 Å². The number of aromatic carboxylic acids is 1. The van der Waals surface area contributed by atoms with E-state index in [1.807, 2.05) is 24.3 Å². The normalized spacial score (nSPS) is 11.1. The highest BCUT2D eigenvalue weighted by Gasteiger charge is 2.20. The summed E-state index contributed by atoms with van der Waals surface area (Å²) in [7, 11) is 1.75. The van der Waals surface area contributed by atoms with Gasteiger partial charge in [-0.1, -0.05) is 76.5 Å². The molecule has 28 heavy (non-hydrogen) atoms. The first-order valence-corrected chi connectivity index (χ1v) is 10.6. The van der Waals surface area contributed by atoms with Crippen molar-refractivity contribution in [1.29, 1.82) is 0 Å². The van der Waals surface area contributed by atoms with Crippen LogP contribution in [0.2, 0.25) is 0 Å². The number of para-hydroxylation sites is 1. The molecule has 0 fully saturated rings. The predicted octanol–water partition coefficient (Wildman–Crippen LogP) is 5.41. The Labute approximate surface area is 168 Å². The van der Waals surface area contributed by atoms with Crippen LogP contribution in [0, 0.1) is 0 Å². The summed E-state index contributed by atoms with van der Waals surface area (Å²) >= 11 is 0. The van der Waals surface area contributed by atoms with E-state index in [4.69, 9.17) is 0 Å². The first-order chi connectivity index (χ1) is 13.6. The summed E-state index contributed by atoms with van der Waals surface area (Å²) < 4.78 is 1.68. The Kier molecular flexibility index (Phi) is 9.05. The number of aromatic nitrogens is 1. The predicted molar refractivity (Wildman–Crippen MR) is 114 cm³/mol. The van der Waals surface area contributed by atoms with Crippen LogP contribution in [0.3, 0.4) is 0 Å². The lowest BCUT2D eigenvalue weighted by molar-refractivity contribution is -0.121. The van der Waals surface area contributed by atoms with Crippen molar-refractivity contribution < 1.29 is 14.7 Å². The van der Waals surface area contributed by atoms with Crippen LogP contribution in [0.4, 0.5) is 0 Å². The standard InChI is InChI=1S/C23H34N2O3/c1-3-4-5-6-7-8-9-10-11-16-21(26)24-17-19-18-14-12-13-15-20(18)25(2)22(19)23(27)28/h12-15H,3-11,16-17H2,1-2H3,(H,24,26)(H,27,28). The van der Waals surface area contributed by atoms with Crippen molar-refractivity contribution in [2.75, 3.05) is 0 Å². The Balaban J connectivity index is 1.76. The summed E-state index contributed by atoms with van der Waals surface area (Å²) in [5, 5.41) is 13.4. The second kappa shape index (κ2) is 11.5. The molecule has 0 spiro atoms. The van der Waals surface area contributed by atoms with Crippen LogP contribution in [0.1, 0.15) is 87.2 Å². The smallest absolute Gasteiger partial charge is 0.352 e. The molecule has 0 bridgehead atoms. The molecule has 5 heteroatoms. The molecule has 1 aromatic carbocycles. The fourth-order valence-corrected chi connectivity index (χ4v) is 3.79. The van der Waals surface area contributed by atoms with Gasteiger partial charge in [0.25, 0.3) is 0 Å². The van der Waals surface area contributed by atoms with Crippen LogP contribution in [0.15, 0.2) is 24.3 Å². The summed E-state index contributed by atoms with van der Waals surface area (Å²) in [5.74, 6) is -0.978. The number of unbranched alkanes of at least 4 members (excludes halogenated alkanes) is 8. The fourth-order valence-electron chi connectivity index (χ4n) is 3.79.